The van der Waals surface area contributed by atoms with Crippen LogP contribution >= 0.6 is 0 Å². The third-order valence-corrected chi connectivity index (χ3v) is 5.16. The highest BCUT2D eigenvalue weighted by molar-refractivity contribution is 5.89. The molecule has 1 saturated heterocycles. The first kappa shape index (κ1) is 22.0. The molecule has 0 aliphatic carbocycles. The molecule has 28 heavy (non-hydrogen) atoms. The molecule has 156 valence electrons. The SMILES string of the molecule is CCCNC(=O)C[C@@H]1CCN(C(=O)Nc2cccc(C(F)(F)F)c2)C[C@@H]1CC. The van der Waals surface area contributed by atoms with Crippen molar-refractivity contribution in [1.82, 2.24) is 10.2 Å². The van der Waals surface area contributed by atoms with Crippen LogP contribution in [0, 0.1) is 11.8 Å². The average molecular weight is 399 g/mol. The van der Waals surface area contributed by atoms with Crippen LogP contribution in [0.2, 0.25) is 0 Å². The molecule has 8 heteroatoms. The minimum Gasteiger partial charge on any atom is -0.356 e. The van der Waals surface area contributed by atoms with Crippen LogP contribution in [-0.4, -0.2) is 36.5 Å². The van der Waals surface area contributed by atoms with E-state index in [0.717, 1.165) is 25.0 Å². The summed E-state index contributed by atoms with van der Waals surface area (Å²) in [5, 5.41) is 5.44. The largest absolute Gasteiger partial charge is 0.416 e. The lowest BCUT2D eigenvalue weighted by molar-refractivity contribution is -0.137. The fraction of sp³-hybridized carbons (Fsp3) is 0.600. The zero-order valence-corrected chi connectivity index (χ0v) is 16.3. The maximum Gasteiger partial charge on any atom is 0.416 e. The van der Waals surface area contributed by atoms with Gasteiger partial charge < -0.3 is 15.5 Å². The first-order valence-electron chi connectivity index (χ1n) is 9.74. The van der Waals surface area contributed by atoms with Crippen molar-refractivity contribution in [2.75, 3.05) is 25.0 Å². The molecule has 1 aliphatic rings. The number of hydrogen-bond donors (Lipinski definition) is 2. The Morgan fingerprint density at radius 2 is 1.96 bits per heavy atom. The Labute approximate surface area is 163 Å². The highest BCUT2D eigenvalue weighted by Gasteiger charge is 2.33. The second-order valence-electron chi connectivity index (χ2n) is 7.23. The fourth-order valence-corrected chi connectivity index (χ4v) is 3.55. The molecule has 0 unspecified atom stereocenters. The van der Waals surface area contributed by atoms with Crippen LogP contribution in [0.25, 0.3) is 0 Å². The van der Waals surface area contributed by atoms with Gasteiger partial charge in [0.2, 0.25) is 5.91 Å². The molecule has 0 bridgehead atoms. The summed E-state index contributed by atoms with van der Waals surface area (Å²) in [6, 6.07) is 4.20. The predicted molar refractivity (Wildman–Crippen MR) is 102 cm³/mol. The van der Waals surface area contributed by atoms with Crippen LogP contribution in [-0.2, 0) is 11.0 Å². The maximum absolute atomic E-state index is 12.8. The topological polar surface area (TPSA) is 61.4 Å². The summed E-state index contributed by atoms with van der Waals surface area (Å²) in [6.45, 7) is 5.65. The number of hydrogen-bond acceptors (Lipinski definition) is 2. The zero-order valence-electron chi connectivity index (χ0n) is 16.3. The number of halogens is 3. The van der Waals surface area contributed by atoms with Crippen molar-refractivity contribution in [3.63, 3.8) is 0 Å². The summed E-state index contributed by atoms with van der Waals surface area (Å²) >= 11 is 0. The fourth-order valence-electron chi connectivity index (χ4n) is 3.55. The van der Waals surface area contributed by atoms with E-state index in [1.807, 2.05) is 13.8 Å². The molecular weight excluding hydrogens is 371 g/mol. The van der Waals surface area contributed by atoms with Gasteiger partial charge in [0, 0.05) is 31.7 Å². The van der Waals surface area contributed by atoms with Gasteiger partial charge in [-0.3, -0.25) is 4.79 Å². The lowest BCUT2D eigenvalue weighted by Gasteiger charge is -2.38. The van der Waals surface area contributed by atoms with Crippen molar-refractivity contribution in [2.24, 2.45) is 11.8 Å². The number of nitrogens with zero attached hydrogens (tertiary/aromatic N) is 1. The number of nitrogens with one attached hydrogen (secondary N) is 2. The van der Waals surface area contributed by atoms with E-state index in [9.17, 15) is 22.8 Å². The summed E-state index contributed by atoms with van der Waals surface area (Å²) in [5.41, 5.74) is -0.678. The lowest BCUT2D eigenvalue weighted by Crippen LogP contribution is -2.46. The summed E-state index contributed by atoms with van der Waals surface area (Å²) in [4.78, 5) is 26.1. The minimum absolute atomic E-state index is 0.0344. The van der Waals surface area contributed by atoms with E-state index < -0.39 is 17.8 Å². The molecule has 1 heterocycles. The Balaban J connectivity index is 1.94. The van der Waals surface area contributed by atoms with Gasteiger partial charge in [-0.05, 0) is 42.9 Å². The van der Waals surface area contributed by atoms with Gasteiger partial charge >= 0.3 is 12.2 Å². The van der Waals surface area contributed by atoms with E-state index in [2.05, 4.69) is 10.6 Å². The van der Waals surface area contributed by atoms with Crippen LogP contribution in [0.5, 0.6) is 0 Å². The van der Waals surface area contributed by atoms with E-state index in [1.165, 1.54) is 12.1 Å². The third-order valence-electron chi connectivity index (χ3n) is 5.16. The lowest BCUT2D eigenvalue weighted by atomic mass is 9.81. The molecular formula is C20H28F3N3O2. The van der Waals surface area contributed by atoms with E-state index in [-0.39, 0.29) is 23.4 Å². The second kappa shape index (κ2) is 9.80. The number of benzene rings is 1. The van der Waals surface area contributed by atoms with Crippen molar-refractivity contribution in [3.8, 4) is 0 Å². The molecule has 0 spiro atoms. The first-order valence-corrected chi connectivity index (χ1v) is 9.74. The number of anilines is 1. The molecule has 1 fully saturated rings. The van der Waals surface area contributed by atoms with Gasteiger partial charge in [-0.1, -0.05) is 26.3 Å². The highest BCUT2D eigenvalue weighted by atomic mass is 19.4. The normalized spacial score (nSPS) is 20.0. The van der Waals surface area contributed by atoms with Crippen LogP contribution in [0.3, 0.4) is 0 Å². The minimum atomic E-state index is -4.45. The molecule has 0 aromatic heterocycles. The Kier molecular flexibility index (Phi) is 7.71. The predicted octanol–water partition coefficient (Wildman–Crippen LogP) is 4.50. The van der Waals surface area contributed by atoms with Crippen molar-refractivity contribution in [1.29, 1.82) is 0 Å². The van der Waals surface area contributed by atoms with Gasteiger partial charge in [0.1, 0.15) is 0 Å². The quantitative estimate of drug-likeness (QED) is 0.740. The zero-order chi connectivity index (χ0) is 20.7. The third kappa shape index (κ3) is 6.14. The van der Waals surface area contributed by atoms with Gasteiger partial charge in [0.05, 0.1) is 5.56 Å². The van der Waals surface area contributed by atoms with Crippen molar-refractivity contribution < 1.29 is 22.8 Å². The molecule has 2 N–H and O–H groups in total. The van der Waals surface area contributed by atoms with Crippen molar-refractivity contribution in [3.05, 3.63) is 29.8 Å². The van der Waals surface area contributed by atoms with E-state index in [0.29, 0.717) is 32.5 Å². The molecule has 3 amide bonds. The molecule has 0 radical (unpaired) electrons. The van der Waals surface area contributed by atoms with Gasteiger partial charge in [-0.15, -0.1) is 0 Å². The highest BCUT2D eigenvalue weighted by Crippen LogP contribution is 2.32. The summed E-state index contributed by atoms with van der Waals surface area (Å²) in [5.74, 6) is 0.431. The van der Waals surface area contributed by atoms with Gasteiger partial charge in [-0.2, -0.15) is 13.2 Å². The van der Waals surface area contributed by atoms with Crippen molar-refractivity contribution >= 4 is 17.6 Å². The number of carbonyl (C=O) groups is 2. The average Bonchev–Trinajstić information content (AvgIpc) is 2.66. The van der Waals surface area contributed by atoms with Gasteiger partial charge in [0.15, 0.2) is 0 Å². The Morgan fingerprint density at radius 3 is 2.61 bits per heavy atom. The molecule has 1 aromatic rings. The summed E-state index contributed by atoms with van der Waals surface area (Å²) in [7, 11) is 0. The molecule has 1 aliphatic heterocycles. The molecule has 1 aromatic carbocycles. The number of carbonyl (C=O) groups excluding carboxylic acids is 2. The van der Waals surface area contributed by atoms with E-state index >= 15 is 0 Å². The van der Waals surface area contributed by atoms with E-state index in [4.69, 9.17) is 0 Å². The summed E-state index contributed by atoms with van der Waals surface area (Å²) < 4.78 is 38.5. The number of rotatable bonds is 6. The van der Waals surface area contributed by atoms with Crippen molar-refractivity contribution in [2.45, 2.75) is 45.7 Å². The molecule has 2 rings (SSSR count). The first-order chi connectivity index (χ1) is 13.2. The number of piperidine rings is 1. The maximum atomic E-state index is 12.8. The second-order valence-corrected chi connectivity index (χ2v) is 7.23. The number of likely N-dealkylation sites (tertiary alicyclic amines) is 1. The number of amides is 3. The molecule has 5 nitrogen and oxygen atoms in total. The van der Waals surface area contributed by atoms with E-state index in [1.54, 1.807) is 4.90 Å². The Morgan fingerprint density at radius 1 is 1.21 bits per heavy atom. The molecule has 2 atom stereocenters. The smallest absolute Gasteiger partial charge is 0.356 e. The van der Waals surface area contributed by atoms with Crippen LogP contribution in [0.4, 0.5) is 23.7 Å². The number of urea groups is 1. The Hall–Kier alpha value is -2.25. The van der Waals surface area contributed by atoms with Gasteiger partial charge in [0.25, 0.3) is 0 Å². The number of alkyl halides is 3. The van der Waals surface area contributed by atoms with Gasteiger partial charge in [-0.25, -0.2) is 4.79 Å². The van der Waals surface area contributed by atoms with Crippen LogP contribution in [0.15, 0.2) is 24.3 Å². The monoisotopic (exact) mass is 399 g/mol. The Bertz CT molecular complexity index is 679. The standard InChI is InChI=1S/C20H28F3N3O2/c1-3-9-24-18(27)11-15-8-10-26(13-14(15)4-2)19(28)25-17-7-5-6-16(12-17)20(21,22)23/h5-7,12,14-15H,3-4,8-11,13H2,1-2H3,(H,24,27)(H,25,28)/t14-,15-/m0/s1. The molecule has 0 saturated carbocycles. The van der Waals surface area contributed by atoms with Crippen LogP contribution < -0.4 is 10.6 Å². The summed E-state index contributed by atoms with van der Waals surface area (Å²) in [6.07, 6.45) is -1.59. The van der Waals surface area contributed by atoms with Crippen LogP contribution in [0.1, 0.15) is 45.1 Å².